The van der Waals surface area contributed by atoms with Crippen LogP contribution in [-0.2, 0) is 28.7 Å². The molecule has 4 unspecified atom stereocenters. The van der Waals surface area contributed by atoms with Crippen LogP contribution in [0.25, 0.3) is 0 Å². The zero-order chi connectivity index (χ0) is 19.8. The van der Waals surface area contributed by atoms with Gasteiger partial charge in [-0.15, -0.1) is 0 Å². The molecule has 0 bridgehead atoms. The molecule has 0 aromatic heterocycles. The van der Waals surface area contributed by atoms with E-state index in [1.54, 1.807) is 50.3 Å². The second kappa shape index (κ2) is 8.12. The fraction of sp³-hybridized carbons (Fsp3) is 0.706. The van der Waals surface area contributed by atoms with Crippen LogP contribution in [0.15, 0.2) is 0 Å². The molecule has 2 aliphatic rings. The van der Waals surface area contributed by atoms with Crippen molar-refractivity contribution in [3.8, 4) is 0 Å². The van der Waals surface area contributed by atoms with Gasteiger partial charge in [0, 0.05) is 46.3 Å². The number of hydrogen-bond donors (Lipinski definition) is 0. The third kappa shape index (κ3) is 3.98. The van der Waals surface area contributed by atoms with Crippen LogP contribution in [0.5, 0.6) is 0 Å². The Morgan fingerprint density at radius 1 is 0.846 bits per heavy atom. The molecule has 2 aliphatic heterocycles. The maximum atomic E-state index is 12.3. The van der Waals surface area contributed by atoms with E-state index in [1.807, 2.05) is 0 Å². The van der Waals surface area contributed by atoms with Crippen molar-refractivity contribution in [2.45, 2.75) is 33.8 Å². The molecule has 0 aromatic carbocycles. The summed E-state index contributed by atoms with van der Waals surface area (Å²) in [5.41, 5.74) is 0. The minimum absolute atomic E-state index is 0.0872. The number of likely N-dealkylation sites (tertiary alicyclic amines) is 2. The average molecular weight is 478 g/mol. The van der Waals surface area contributed by atoms with E-state index in [0.29, 0.717) is 0 Å². The smallest absolute Gasteiger partial charge is 0.232 e. The Bertz CT molecular complexity index is 565. The Morgan fingerprint density at radius 3 is 1.42 bits per heavy atom. The highest BCUT2D eigenvalue weighted by Crippen LogP contribution is 2.28. The van der Waals surface area contributed by atoms with Gasteiger partial charge in [-0.2, -0.15) is 0 Å². The maximum Gasteiger partial charge on any atom is 0.232 e. The lowest BCUT2D eigenvalue weighted by atomic mass is 10.00. The molecule has 0 saturated carbocycles. The standard InChI is InChI=1S/C17H23IN2O6/c1-8-9(2)15(23)19(14(8)22)5-12(26-7-13(18)21)6-20-16(24)10(3)11(4)17(20)25/h8-12H,5-7H2,1-4H3. The summed E-state index contributed by atoms with van der Waals surface area (Å²) in [4.78, 5) is 62.7. The predicted molar refractivity (Wildman–Crippen MR) is 98.9 cm³/mol. The van der Waals surface area contributed by atoms with E-state index in [2.05, 4.69) is 0 Å². The molecule has 2 saturated heterocycles. The van der Waals surface area contributed by atoms with E-state index in [-0.39, 0.29) is 47.1 Å². The van der Waals surface area contributed by atoms with Gasteiger partial charge in [0.2, 0.25) is 27.4 Å². The molecular weight excluding hydrogens is 455 g/mol. The van der Waals surface area contributed by atoms with Crippen LogP contribution in [0.2, 0.25) is 0 Å². The monoisotopic (exact) mass is 478 g/mol. The summed E-state index contributed by atoms with van der Waals surface area (Å²) >= 11 is 1.58. The SMILES string of the molecule is CC1C(=O)N(CC(CN2C(=O)C(C)C(C)C2=O)OCC(=O)I)C(=O)C1C. The van der Waals surface area contributed by atoms with E-state index >= 15 is 0 Å². The largest absolute Gasteiger partial charge is 0.366 e. The van der Waals surface area contributed by atoms with Gasteiger partial charge < -0.3 is 4.74 Å². The molecule has 2 fully saturated rings. The molecule has 0 aromatic rings. The van der Waals surface area contributed by atoms with Gasteiger partial charge in [0.05, 0.1) is 19.2 Å². The molecule has 0 spiro atoms. The van der Waals surface area contributed by atoms with Crippen molar-refractivity contribution in [3.63, 3.8) is 0 Å². The molecule has 0 N–H and O–H groups in total. The van der Waals surface area contributed by atoms with Gasteiger partial charge in [-0.1, -0.05) is 27.7 Å². The van der Waals surface area contributed by atoms with Gasteiger partial charge in [-0.25, -0.2) is 0 Å². The van der Waals surface area contributed by atoms with E-state index in [1.165, 1.54) is 0 Å². The molecule has 4 atom stereocenters. The van der Waals surface area contributed by atoms with Crippen molar-refractivity contribution < 1.29 is 28.7 Å². The zero-order valence-electron chi connectivity index (χ0n) is 15.2. The molecule has 26 heavy (non-hydrogen) atoms. The van der Waals surface area contributed by atoms with Gasteiger partial charge in [0.25, 0.3) is 0 Å². The molecule has 0 aliphatic carbocycles. The Hall–Kier alpha value is -1.36. The first-order valence-corrected chi connectivity index (χ1v) is 9.64. The molecule has 9 heteroatoms. The summed E-state index contributed by atoms with van der Waals surface area (Å²) in [6.45, 7) is 6.34. The highest BCUT2D eigenvalue weighted by Gasteiger charge is 2.46. The second-order valence-electron chi connectivity index (χ2n) is 7.02. The fourth-order valence-corrected chi connectivity index (χ4v) is 3.35. The van der Waals surface area contributed by atoms with E-state index in [0.717, 1.165) is 9.80 Å². The summed E-state index contributed by atoms with van der Waals surface area (Å²) < 4.78 is 5.26. The molecule has 0 radical (unpaired) electrons. The molecule has 2 heterocycles. The summed E-state index contributed by atoms with van der Waals surface area (Å²) in [6, 6.07) is 0. The van der Waals surface area contributed by atoms with Gasteiger partial charge in [-0.05, 0) is 0 Å². The summed E-state index contributed by atoms with van der Waals surface area (Å²) in [7, 11) is 0. The van der Waals surface area contributed by atoms with Crippen molar-refractivity contribution >= 4 is 50.0 Å². The predicted octanol–water partition coefficient (Wildman–Crippen LogP) is 0.615. The summed E-state index contributed by atoms with van der Waals surface area (Å²) in [5, 5.41) is 0. The van der Waals surface area contributed by atoms with Crippen LogP contribution in [0, 0.1) is 23.7 Å². The number of halogens is 1. The molecule has 4 amide bonds. The number of ether oxygens (including phenoxy) is 1. The third-order valence-corrected chi connectivity index (χ3v) is 5.64. The van der Waals surface area contributed by atoms with Crippen LogP contribution >= 0.6 is 22.6 Å². The lowest BCUT2D eigenvalue weighted by Crippen LogP contribution is -2.46. The van der Waals surface area contributed by atoms with Crippen molar-refractivity contribution in [2.24, 2.45) is 23.7 Å². The minimum atomic E-state index is -0.801. The van der Waals surface area contributed by atoms with Gasteiger partial charge in [-0.3, -0.25) is 33.8 Å². The van der Waals surface area contributed by atoms with Crippen LogP contribution in [0.4, 0.5) is 0 Å². The number of amides is 4. The van der Waals surface area contributed by atoms with E-state index < -0.39 is 29.8 Å². The van der Waals surface area contributed by atoms with Gasteiger partial charge in [0.15, 0.2) is 0 Å². The lowest BCUT2D eigenvalue weighted by molar-refractivity contribution is -0.144. The Morgan fingerprint density at radius 2 is 1.15 bits per heavy atom. The van der Waals surface area contributed by atoms with Crippen molar-refractivity contribution in [2.75, 3.05) is 19.7 Å². The van der Waals surface area contributed by atoms with Crippen molar-refractivity contribution in [3.05, 3.63) is 0 Å². The molecule has 2 rings (SSSR count). The zero-order valence-corrected chi connectivity index (χ0v) is 17.4. The first-order chi connectivity index (χ1) is 12.1. The van der Waals surface area contributed by atoms with E-state index in [4.69, 9.17) is 4.74 Å². The Balaban J connectivity index is 2.15. The summed E-state index contributed by atoms with van der Waals surface area (Å²) in [5.74, 6) is -2.94. The first kappa shape index (κ1) is 20.9. The quantitative estimate of drug-likeness (QED) is 0.302. The third-order valence-electron chi connectivity index (χ3n) is 5.33. The number of nitrogens with zero attached hydrogens (tertiary/aromatic N) is 2. The normalized spacial score (nSPS) is 30.5. The molecule has 144 valence electrons. The Labute approximate surface area is 165 Å². The Kier molecular flexibility index (Phi) is 6.54. The van der Waals surface area contributed by atoms with Crippen LogP contribution < -0.4 is 0 Å². The fourth-order valence-electron chi connectivity index (χ4n) is 3.17. The van der Waals surface area contributed by atoms with Gasteiger partial charge >= 0.3 is 0 Å². The number of imide groups is 2. The first-order valence-electron chi connectivity index (χ1n) is 8.56. The highest BCUT2D eigenvalue weighted by molar-refractivity contribution is 14.1. The number of carbonyl (C=O) groups is 5. The minimum Gasteiger partial charge on any atom is -0.366 e. The maximum absolute atomic E-state index is 12.3. The molecular formula is C17H23IN2O6. The van der Waals surface area contributed by atoms with Crippen LogP contribution in [-0.4, -0.2) is 63.0 Å². The topological polar surface area (TPSA) is 101 Å². The number of hydrogen-bond acceptors (Lipinski definition) is 6. The average Bonchev–Trinajstić information content (AvgIpc) is 2.89. The van der Waals surface area contributed by atoms with Gasteiger partial charge in [0.1, 0.15) is 6.61 Å². The van der Waals surface area contributed by atoms with Crippen molar-refractivity contribution in [1.29, 1.82) is 0 Å². The summed E-state index contributed by atoms with van der Waals surface area (Å²) in [6.07, 6.45) is -0.801. The van der Waals surface area contributed by atoms with Crippen LogP contribution in [0.1, 0.15) is 27.7 Å². The van der Waals surface area contributed by atoms with E-state index in [9.17, 15) is 24.0 Å². The highest BCUT2D eigenvalue weighted by atomic mass is 127. The van der Waals surface area contributed by atoms with Crippen LogP contribution in [0.3, 0.4) is 0 Å². The number of carbonyl (C=O) groups excluding carboxylic acids is 5. The van der Waals surface area contributed by atoms with Crippen molar-refractivity contribution in [1.82, 2.24) is 9.80 Å². The second-order valence-corrected chi connectivity index (χ2v) is 8.22. The number of rotatable bonds is 7. The molecule has 8 nitrogen and oxygen atoms in total. The lowest BCUT2D eigenvalue weighted by Gasteiger charge is -2.26.